The molecule has 3 N–H and O–H groups in total. The van der Waals surface area contributed by atoms with Gasteiger partial charge in [-0.15, -0.1) is 10.2 Å². The summed E-state index contributed by atoms with van der Waals surface area (Å²) < 4.78 is 25.0. The van der Waals surface area contributed by atoms with Gasteiger partial charge in [-0.1, -0.05) is 11.3 Å². The number of nitrogens with one attached hydrogen (secondary N) is 2. The molecule has 0 saturated heterocycles. The van der Waals surface area contributed by atoms with Crippen molar-refractivity contribution in [3.05, 3.63) is 5.51 Å². The Morgan fingerprint density at radius 3 is 2.81 bits per heavy atom. The minimum absolute atomic E-state index is 0.0925. The first-order chi connectivity index (χ1) is 7.52. The Labute approximate surface area is 95.8 Å². The molecule has 1 heterocycles. The summed E-state index contributed by atoms with van der Waals surface area (Å²) in [5, 5.41) is 17.7. The summed E-state index contributed by atoms with van der Waals surface area (Å²) >= 11 is 0.911. The number of carbonyl (C=O) groups is 1. The van der Waals surface area contributed by atoms with Gasteiger partial charge >= 0.3 is 5.97 Å². The first kappa shape index (κ1) is 13.0. The summed E-state index contributed by atoms with van der Waals surface area (Å²) in [7, 11) is -3.61. The van der Waals surface area contributed by atoms with Gasteiger partial charge in [-0.25, -0.2) is 13.1 Å². The summed E-state index contributed by atoms with van der Waals surface area (Å²) in [6.07, 6.45) is 0. The van der Waals surface area contributed by atoms with Crippen LogP contribution in [0.15, 0.2) is 9.85 Å². The first-order valence-corrected chi connectivity index (χ1v) is 6.57. The molecule has 0 amide bonds. The van der Waals surface area contributed by atoms with Gasteiger partial charge in [-0.3, -0.25) is 4.79 Å². The normalized spacial score (nSPS) is 11.5. The van der Waals surface area contributed by atoms with Gasteiger partial charge in [-0.2, -0.15) is 0 Å². The minimum atomic E-state index is -3.61. The van der Waals surface area contributed by atoms with Crippen LogP contribution in [-0.4, -0.2) is 49.3 Å². The van der Waals surface area contributed by atoms with E-state index in [-0.39, 0.29) is 24.0 Å². The van der Waals surface area contributed by atoms with E-state index in [1.807, 2.05) is 0 Å². The maximum Gasteiger partial charge on any atom is 0.317 e. The average molecular weight is 266 g/mol. The van der Waals surface area contributed by atoms with Crippen LogP contribution in [0.5, 0.6) is 0 Å². The third-order valence-corrected chi connectivity index (χ3v) is 4.00. The number of hydrogen-bond acceptors (Lipinski definition) is 7. The number of rotatable bonds is 7. The van der Waals surface area contributed by atoms with Gasteiger partial charge in [-0.05, 0) is 0 Å². The van der Waals surface area contributed by atoms with Crippen molar-refractivity contribution in [1.29, 1.82) is 0 Å². The molecule has 1 aromatic rings. The summed E-state index contributed by atoms with van der Waals surface area (Å²) in [6.45, 7) is 0.111. The van der Waals surface area contributed by atoms with E-state index < -0.39 is 16.0 Å². The Morgan fingerprint density at radius 1 is 1.50 bits per heavy atom. The number of carboxylic acids is 1. The topological polar surface area (TPSA) is 121 Å². The standard InChI is InChI=1S/C6H10N4O4S2/c11-5(12)3-7-1-2-9-16(13,14)6-10-8-4-15-6/h4,7,9H,1-3H2,(H,11,12). The average Bonchev–Trinajstić information content (AvgIpc) is 2.69. The smallest absolute Gasteiger partial charge is 0.317 e. The Morgan fingerprint density at radius 2 is 2.25 bits per heavy atom. The highest BCUT2D eigenvalue weighted by Gasteiger charge is 2.16. The van der Waals surface area contributed by atoms with Gasteiger partial charge in [0.15, 0.2) is 0 Å². The number of carboxylic acid groups (broad SMARTS) is 1. The molecule has 1 aromatic heterocycles. The second-order valence-electron chi connectivity index (χ2n) is 2.67. The zero-order valence-corrected chi connectivity index (χ0v) is 9.71. The molecule has 0 bridgehead atoms. The van der Waals surface area contributed by atoms with Gasteiger partial charge in [0.25, 0.3) is 10.0 Å². The van der Waals surface area contributed by atoms with Crippen molar-refractivity contribution >= 4 is 27.3 Å². The van der Waals surface area contributed by atoms with E-state index in [0.717, 1.165) is 11.3 Å². The number of hydrogen-bond donors (Lipinski definition) is 3. The van der Waals surface area contributed by atoms with Gasteiger partial charge in [0.1, 0.15) is 5.51 Å². The third-order valence-electron chi connectivity index (χ3n) is 1.44. The van der Waals surface area contributed by atoms with Crippen molar-refractivity contribution < 1.29 is 18.3 Å². The molecule has 90 valence electrons. The van der Waals surface area contributed by atoms with E-state index in [4.69, 9.17) is 5.11 Å². The molecular weight excluding hydrogens is 256 g/mol. The van der Waals surface area contributed by atoms with Gasteiger partial charge < -0.3 is 10.4 Å². The van der Waals surface area contributed by atoms with Gasteiger partial charge in [0.2, 0.25) is 4.34 Å². The fourth-order valence-electron chi connectivity index (χ4n) is 0.811. The molecule has 0 aromatic carbocycles. The predicted octanol–water partition coefficient (Wildman–Crippen LogP) is -1.51. The number of sulfonamides is 1. The molecule has 0 aliphatic rings. The predicted molar refractivity (Wildman–Crippen MR) is 55.6 cm³/mol. The van der Waals surface area contributed by atoms with Gasteiger partial charge in [0.05, 0.1) is 6.54 Å². The van der Waals surface area contributed by atoms with Crippen LogP contribution in [0.25, 0.3) is 0 Å². The van der Waals surface area contributed by atoms with Crippen LogP contribution in [0.3, 0.4) is 0 Å². The van der Waals surface area contributed by atoms with Crippen molar-refractivity contribution in [2.24, 2.45) is 0 Å². The highest BCUT2D eigenvalue weighted by atomic mass is 32.2. The second-order valence-corrected chi connectivity index (χ2v) is 5.45. The SMILES string of the molecule is O=C(O)CNCCNS(=O)(=O)c1nncs1. The zero-order chi connectivity index (χ0) is 12.0. The van der Waals surface area contributed by atoms with E-state index in [1.165, 1.54) is 5.51 Å². The van der Waals surface area contributed by atoms with Crippen molar-refractivity contribution in [2.45, 2.75) is 4.34 Å². The number of nitrogens with zero attached hydrogens (tertiary/aromatic N) is 2. The molecule has 0 spiro atoms. The lowest BCUT2D eigenvalue weighted by molar-refractivity contribution is -0.135. The van der Waals surface area contributed by atoms with E-state index >= 15 is 0 Å². The molecule has 0 saturated carbocycles. The molecule has 0 unspecified atom stereocenters. The van der Waals surface area contributed by atoms with Crippen LogP contribution in [0.2, 0.25) is 0 Å². The van der Waals surface area contributed by atoms with Crippen LogP contribution in [0.1, 0.15) is 0 Å². The molecule has 8 nitrogen and oxygen atoms in total. The zero-order valence-electron chi connectivity index (χ0n) is 8.08. The fourth-order valence-corrected chi connectivity index (χ4v) is 2.55. The van der Waals surface area contributed by atoms with Crippen LogP contribution < -0.4 is 10.0 Å². The quantitative estimate of drug-likeness (QED) is 0.513. The summed E-state index contributed by atoms with van der Waals surface area (Å²) in [5.41, 5.74) is 1.32. The summed E-state index contributed by atoms with van der Waals surface area (Å²) in [4.78, 5) is 10.1. The lowest BCUT2D eigenvalue weighted by atomic mass is 10.6. The van der Waals surface area contributed by atoms with Crippen LogP contribution in [0.4, 0.5) is 0 Å². The lowest BCUT2D eigenvalue weighted by Gasteiger charge is -2.03. The van der Waals surface area contributed by atoms with E-state index in [1.54, 1.807) is 0 Å². The first-order valence-electron chi connectivity index (χ1n) is 4.21. The molecule has 0 fully saturated rings. The molecule has 10 heteroatoms. The second kappa shape index (κ2) is 5.84. The van der Waals surface area contributed by atoms with Crippen LogP contribution >= 0.6 is 11.3 Å². The maximum atomic E-state index is 11.4. The Hall–Kier alpha value is -1.10. The molecular formula is C6H10N4O4S2. The van der Waals surface area contributed by atoms with Crippen molar-refractivity contribution in [3.63, 3.8) is 0 Å². The Kier molecular flexibility index (Phi) is 4.73. The number of aromatic nitrogens is 2. The van der Waals surface area contributed by atoms with E-state index in [0.29, 0.717) is 0 Å². The Balaban J connectivity index is 2.30. The molecule has 16 heavy (non-hydrogen) atoms. The van der Waals surface area contributed by atoms with Crippen molar-refractivity contribution in [3.8, 4) is 0 Å². The maximum absolute atomic E-state index is 11.4. The molecule has 0 atom stereocenters. The molecule has 0 aliphatic heterocycles. The molecule has 1 rings (SSSR count). The van der Waals surface area contributed by atoms with Gasteiger partial charge in [0, 0.05) is 13.1 Å². The molecule has 0 aliphatic carbocycles. The molecule has 0 radical (unpaired) electrons. The van der Waals surface area contributed by atoms with Crippen molar-refractivity contribution in [2.75, 3.05) is 19.6 Å². The van der Waals surface area contributed by atoms with E-state index in [2.05, 4.69) is 20.2 Å². The lowest BCUT2D eigenvalue weighted by Crippen LogP contribution is -2.34. The highest BCUT2D eigenvalue weighted by Crippen LogP contribution is 2.08. The minimum Gasteiger partial charge on any atom is -0.480 e. The van der Waals surface area contributed by atoms with Crippen LogP contribution in [0, 0.1) is 0 Å². The number of aliphatic carboxylic acids is 1. The third kappa shape index (κ3) is 4.18. The van der Waals surface area contributed by atoms with Crippen molar-refractivity contribution in [1.82, 2.24) is 20.2 Å². The van der Waals surface area contributed by atoms with E-state index in [9.17, 15) is 13.2 Å². The largest absolute Gasteiger partial charge is 0.480 e. The summed E-state index contributed by atoms with van der Waals surface area (Å²) in [6, 6.07) is 0. The highest BCUT2D eigenvalue weighted by molar-refractivity contribution is 7.91. The fraction of sp³-hybridized carbons (Fsp3) is 0.500. The monoisotopic (exact) mass is 266 g/mol. The Bertz CT molecular complexity index is 429. The van der Waals surface area contributed by atoms with Crippen LogP contribution in [-0.2, 0) is 14.8 Å². The summed E-state index contributed by atoms with van der Waals surface area (Å²) in [5.74, 6) is -0.994.